The summed E-state index contributed by atoms with van der Waals surface area (Å²) in [5, 5.41) is 7.57. The lowest BCUT2D eigenvalue weighted by molar-refractivity contribution is 0.300. The number of aryl methyl sites for hydroxylation is 1. The molecule has 88 valence electrons. The van der Waals surface area contributed by atoms with Gasteiger partial charge in [0.25, 0.3) is 0 Å². The van der Waals surface area contributed by atoms with Gasteiger partial charge in [-0.3, -0.25) is 0 Å². The summed E-state index contributed by atoms with van der Waals surface area (Å²) < 4.78 is 5.39. The van der Waals surface area contributed by atoms with Crippen LogP contribution in [0.2, 0.25) is 0 Å². The molecule has 1 saturated heterocycles. The Bertz CT molecular complexity index is 363. The van der Waals surface area contributed by atoms with Crippen molar-refractivity contribution in [1.29, 1.82) is 0 Å². The van der Waals surface area contributed by atoms with E-state index < -0.39 is 0 Å². The maximum Gasteiger partial charge on any atom is 0.244 e. The number of fused-ring (bicyclic) bond motifs is 1. The van der Waals surface area contributed by atoms with E-state index >= 15 is 0 Å². The molecule has 4 nitrogen and oxygen atoms in total. The molecule has 2 fully saturated rings. The molecule has 0 aromatic carbocycles. The van der Waals surface area contributed by atoms with E-state index in [4.69, 9.17) is 4.52 Å². The summed E-state index contributed by atoms with van der Waals surface area (Å²) in [6, 6.07) is 0.325. The zero-order valence-electron chi connectivity index (χ0n) is 9.78. The molecule has 1 aromatic rings. The molecule has 0 spiro atoms. The van der Waals surface area contributed by atoms with E-state index in [2.05, 4.69) is 22.4 Å². The average molecular weight is 221 g/mol. The lowest BCUT2D eigenvalue weighted by Gasteiger charge is -2.13. The van der Waals surface area contributed by atoms with Gasteiger partial charge in [0.15, 0.2) is 5.82 Å². The van der Waals surface area contributed by atoms with Gasteiger partial charge in [0.05, 0.1) is 6.04 Å². The van der Waals surface area contributed by atoms with Crippen molar-refractivity contribution in [3.8, 4) is 0 Å². The van der Waals surface area contributed by atoms with Crippen LogP contribution in [0.25, 0.3) is 0 Å². The molecule has 1 N–H and O–H groups in total. The molecule has 3 unspecified atom stereocenters. The molecule has 1 aliphatic carbocycles. The number of nitrogens with zero attached hydrogens (tertiary/aromatic N) is 2. The van der Waals surface area contributed by atoms with Crippen LogP contribution in [0.15, 0.2) is 4.52 Å². The summed E-state index contributed by atoms with van der Waals surface area (Å²) >= 11 is 0. The Hall–Kier alpha value is -0.900. The van der Waals surface area contributed by atoms with Gasteiger partial charge in [-0.25, -0.2) is 0 Å². The van der Waals surface area contributed by atoms with Crippen LogP contribution in [0.5, 0.6) is 0 Å². The highest BCUT2D eigenvalue weighted by Crippen LogP contribution is 2.43. The summed E-state index contributed by atoms with van der Waals surface area (Å²) in [6.45, 7) is 3.26. The third kappa shape index (κ3) is 1.65. The standard InChI is InChI=1S/C12H19N3O/c1-2-4-10-14-12(16-15-10)11-9-6-3-5-8(9)7-13-11/h8-9,11,13H,2-7H2,1H3. The van der Waals surface area contributed by atoms with E-state index in [1.807, 2.05) is 0 Å². The topological polar surface area (TPSA) is 51.0 Å². The largest absolute Gasteiger partial charge is 0.338 e. The second-order valence-electron chi connectivity index (χ2n) is 5.04. The Kier molecular flexibility index (Phi) is 2.67. The highest BCUT2D eigenvalue weighted by molar-refractivity contribution is 5.03. The summed E-state index contributed by atoms with van der Waals surface area (Å²) in [5.74, 6) is 3.25. The van der Waals surface area contributed by atoms with Crippen LogP contribution in [-0.4, -0.2) is 16.7 Å². The fourth-order valence-electron chi connectivity index (χ4n) is 3.18. The van der Waals surface area contributed by atoms with Crippen molar-refractivity contribution >= 4 is 0 Å². The molecule has 4 heteroatoms. The number of nitrogens with one attached hydrogen (secondary N) is 1. The average Bonchev–Trinajstić information content (AvgIpc) is 2.90. The number of rotatable bonds is 3. The highest BCUT2D eigenvalue weighted by Gasteiger charge is 2.42. The Morgan fingerprint density at radius 1 is 1.44 bits per heavy atom. The van der Waals surface area contributed by atoms with Crippen LogP contribution in [-0.2, 0) is 6.42 Å². The van der Waals surface area contributed by atoms with Crippen LogP contribution in [0.3, 0.4) is 0 Å². The number of hydrogen-bond acceptors (Lipinski definition) is 4. The Morgan fingerprint density at radius 2 is 2.38 bits per heavy atom. The van der Waals surface area contributed by atoms with Gasteiger partial charge >= 0.3 is 0 Å². The van der Waals surface area contributed by atoms with Gasteiger partial charge in [-0.2, -0.15) is 4.98 Å². The van der Waals surface area contributed by atoms with E-state index in [-0.39, 0.29) is 0 Å². The van der Waals surface area contributed by atoms with Crippen molar-refractivity contribution in [2.24, 2.45) is 11.8 Å². The van der Waals surface area contributed by atoms with Crippen molar-refractivity contribution < 1.29 is 4.52 Å². The van der Waals surface area contributed by atoms with E-state index in [1.54, 1.807) is 0 Å². The second kappa shape index (κ2) is 4.17. The van der Waals surface area contributed by atoms with Gasteiger partial charge in [0.1, 0.15) is 0 Å². The summed E-state index contributed by atoms with van der Waals surface area (Å²) in [5.41, 5.74) is 0. The monoisotopic (exact) mass is 221 g/mol. The molecule has 1 aliphatic heterocycles. The van der Waals surface area contributed by atoms with Crippen LogP contribution < -0.4 is 5.32 Å². The van der Waals surface area contributed by atoms with E-state index in [0.29, 0.717) is 6.04 Å². The first-order valence-corrected chi connectivity index (χ1v) is 6.44. The van der Waals surface area contributed by atoms with Gasteiger partial charge < -0.3 is 9.84 Å². The molecule has 2 aliphatic rings. The lowest BCUT2D eigenvalue weighted by atomic mass is 9.94. The van der Waals surface area contributed by atoms with Gasteiger partial charge in [0, 0.05) is 6.42 Å². The molecule has 3 atom stereocenters. The summed E-state index contributed by atoms with van der Waals surface area (Å²) in [6.07, 6.45) is 6.04. The van der Waals surface area contributed by atoms with Crippen molar-refractivity contribution in [2.75, 3.05) is 6.54 Å². The van der Waals surface area contributed by atoms with Crippen molar-refractivity contribution in [2.45, 2.75) is 45.1 Å². The summed E-state index contributed by atoms with van der Waals surface area (Å²) in [7, 11) is 0. The normalized spacial score (nSPS) is 33.2. The zero-order chi connectivity index (χ0) is 11.0. The lowest BCUT2D eigenvalue weighted by Crippen LogP contribution is -2.18. The fraction of sp³-hybridized carbons (Fsp3) is 0.833. The maximum absolute atomic E-state index is 5.39. The molecule has 1 saturated carbocycles. The molecule has 0 amide bonds. The molecule has 2 heterocycles. The fourth-order valence-corrected chi connectivity index (χ4v) is 3.18. The van der Waals surface area contributed by atoms with Gasteiger partial charge in [0.2, 0.25) is 5.89 Å². The predicted octanol–water partition coefficient (Wildman–Crippen LogP) is 2.08. The Balaban J connectivity index is 1.76. The Morgan fingerprint density at radius 3 is 3.25 bits per heavy atom. The van der Waals surface area contributed by atoms with Crippen LogP contribution in [0.1, 0.15) is 50.4 Å². The van der Waals surface area contributed by atoms with Gasteiger partial charge in [-0.15, -0.1) is 0 Å². The van der Waals surface area contributed by atoms with E-state index in [0.717, 1.165) is 42.9 Å². The molecule has 1 aromatic heterocycles. The third-order valence-corrected chi connectivity index (χ3v) is 3.97. The van der Waals surface area contributed by atoms with E-state index in [1.165, 1.54) is 19.3 Å². The molecule has 0 radical (unpaired) electrons. The molecular formula is C12H19N3O. The Labute approximate surface area is 95.8 Å². The highest BCUT2D eigenvalue weighted by atomic mass is 16.5. The maximum atomic E-state index is 5.39. The van der Waals surface area contributed by atoms with Crippen LogP contribution in [0.4, 0.5) is 0 Å². The molecular weight excluding hydrogens is 202 g/mol. The van der Waals surface area contributed by atoms with Crippen molar-refractivity contribution in [1.82, 2.24) is 15.5 Å². The number of aromatic nitrogens is 2. The molecule has 3 rings (SSSR count). The second-order valence-corrected chi connectivity index (χ2v) is 5.04. The zero-order valence-corrected chi connectivity index (χ0v) is 9.78. The minimum atomic E-state index is 0.325. The van der Waals surface area contributed by atoms with Crippen LogP contribution in [0, 0.1) is 11.8 Å². The first-order valence-electron chi connectivity index (χ1n) is 6.44. The third-order valence-electron chi connectivity index (χ3n) is 3.97. The first kappa shape index (κ1) is 10.3. The van der Waals surface area contributed by atoms with Gasteiger partial charge in [-0.05, 0) is 37.6 Å². The van der Waals surface area contributed by atoms with Gasteiger partial charge in [-0.1, -0.05) is 18.5 Å². The smallest absolute Gasteiger partial charge is 0.244 e. The minimum Gasteiger partial charge on any atom is -0.338 e. The predicted molar refractivity (Wildman–Crippen MR) is 59.9 cm³/mol. The van der Waals surface area contributed by atoms with Crippen LogP contribution >= 0.6 is 0 Å². The minimum absolute atomic E-state index is 0.325. The van der Waals surface area contributed by atoms with Crippen molar-refractivity contribution in [3.63, 3.8) is 0 Å². The molecule has 0 bridgehead atoms. The molecule has 16 heavy (non-hydrogen) atoms. The number of hydrogen-bond donors (Lipinski definition) is 1. The quantitative estimate of drug-likeness (QED) is 0.849. The first-order chi connectivity index (χ1) is 7.88. The SMILES string of the molecule is CCCc1noc(C2NCC3CCCC32)n1. The van der Waals surface area contributed by atoms with Crippen molar-refractivity contribution in [3.05, 3.63) is 11.7 Å². The van der Waals surface area contributed by atoms with E-state index in [9.17, 15) is 0 Å². The summed E-state index contributed by atoms with van der Waals surface area (Å²) in [4.78, 5) is 4.50.